The molecule has 0 rings (SSSR count). The maximum Gasteiger partial charge on any atom is 0.330 e. The molecule has 0 aliphatic rings. The third kappa shape index (κ3) is 6.38. The summed E-state index contributed by atoms with van der Waals surface area (Å²) in [5, 5.41) is 0. The van der Waals surface area contributed by atoms with E-state index in [9.17, 15) is 4.57 Å². The van der Waals surface area contributed by atoms with E-state index in [4.69, 9.17) is 15.0 Å². The van der Waals surface area contributed by atoms with Crippen LogP contribution in [0.3, 0.4) is 0 Å². The lowest BCUT2D eigenvalue weighted by atomic mass is 10.4. The van der Waals surface area contributed by atoms with E-state index in [2.05, 4.69) is 0 Å². The summed E-state index contributed by atoms with van der Waals surface area (Å²) in [4.78, 5) is 0. The quantitative estimate of drug-likeness (QED) is 0.379. The maximum absolute atomic E-state index is 10.0. The highest BCUT2D eigenvalue weighted by molar-refractivity contribution is 7.17. The van der Waals surface area contributed by atoms with Crippen LogP contribution in [-0.2, 0) is 13.8 Å². The largest absolute Gasteiger partial charge is 0.350 e. The van der Waals surface area contributed by atoms with Gasteiger partial charge in [-0.3, -0.25) is 4.52 Å². The molecule has 0 radical (unpaired) electrons. The predicted octanol–water partition coefficient (Wildman–Crippen LogP) is 1.31. The third-order valence-electron chi connectivity index (χ3n) is 1.06. The molecular formula is C6H14NO3P. The zero-order chi connectivity index (χ0) is 8.74. The second-order valence-corrected chi connectivity index (χ2v) is 2.89. The first-order valence-electron chi connectivity index (χ1n) is 3.47. The van der Waals surface area contributed by atoms with Crippen LogP contribution in [0.15, 0.2) is 0 Å². The molecule has 66 valence electrons. The molecule has 0 fully saturated rings. The van der Waals surface area contributed by atoms with Crippen molar-refractivity contribution >= 4 is 8.69 Å². The van der Waals surface area contributed by atoms with E-state index in [0.717, 1.165) is 6.42 Å². The fourth-order valence-corrected chi connectivity index (χ4v) is 0.750. The average molecular weight is 179 g/mol. The summed E-state index contributed by atoms with van der Waals surface area (Å²) in [5.41, 5.74) is 5.25. The van der Waals surface area contributed by atoms with Crippen molar-refractivity contribution in [2.45, 2.75) is 26.1 Å². The van der Waals surface area contributed by atoms with Crippen molar-refractivity contribution in [2.75, 3.05) is 13.2 Å². The third-order valence-corrected chi connectivity index (χ3v) is 1.57. The standard InChI is InChI=1S/C6H14NO3P/c1-6(2,10-11-8)9-5-3-4-7/h3-5,7H2,1-2H3. The van der Waals surface area contributed by atoms with Gasteiger partial charge in [0.1, 0.15) is 0 Å². The first kappa shape index (κ1) is 11.0. The van der Waals surface area contributed by atoms with Gasteiger partial charge < -0.3 is 10.5 Å². The number of hydrogen-bond donors (Lipinski definition) is 1. The van der Waals surface area contributed by atoms with Gasteiger partial charge in [-0.2, -0.15) is 0 Å². The Bertz CT molecular complexity index is 118. The van der Waals surface area contributed by atoms with Gasteiger partial charge in [-0.25, -0.2) is 4.57 Å². The van der Waals surface area contributed by atoms with E-state index in [1.165, 1.54) is 0 Å². The fourth-order valence-electron chi connectivity index (χ4n) is 0.517. The number of rotatable bonds is 6. The van der Waals surface area contributed by atoms with Crippen LogP contribution in [0.5, 0.6) is 0 Å². The van der Waals surface area contributed by atoms with Crippen molar-refractivity contribution in [3.8, 4) is 0 Å². The number of ether oxygens (including phenoxy) is 1. The lowest BCUT2D eigenvalue weighted by Gasteiger charge is -2.20. The van der Waals surface area contributed by atoms with Crippen LogP contribution in [0.4, 0.5) is 0 Å². The van der Waals surface area contributed by atoms with Crippen LogP contribution < -0.4 is 5.73 Å². The van der Waals surface area contributed by atoms with Gasteiger partial charge in [0.25, 0.3) is 0 Å². The van der Waals surface area contributed by atoms with Crippen molar-refractivity contribution in [3.05, 3.63) is 0 Å². The molecule has 0 heterocycles. The van der Waals surface area contributed by atoms with E-state index < -0.39 is 5.79 Å². The van der Waals surface area contributed by atoms with Crippen molar-refractivity contribution in [2.24, 2.45) is 5.73 Å². The van der Waals surface area contributed by atoms with Crippen molar-refractivity contribution in [3.63, 3.8) is 0 Å². The van der Waals surface area contributed by atoms with Gasteiger partial charge in [0, 0.05) is 0 Å². The maximum atomic E-state index is 10.0. The van der Waals surface area contributed by atoms with Crippen molar-refractivity contribution in [1.82, 2.24) is 0 Å². The molecule has 0 aliphatic carbocycles. The van der Waals surface area contributed by atoms with Crippen molar-refractivity contribution < 1.29 is 13.8 Å². The summed E-state index contributed by atoms with van der Waals surface area (Å²) in [5.74, 6) is -0.779. The fraction of sp³-hybridized carbons (Fsp3) is 1.00. The smallest absolute Gasteiger partial charge is 0.330 e. The molecule has 0 aromatic carbocycles. The van der Waals surface area contributed by atoms with Gasteiger partial charge in [0.05, 0.1) is 6.61 Å². The summed E-state index contributed by atoms with van der Waals surface area (Å²) in [7, 11) is -0.362. The molecule has 0 aromatic rings. The van der Waals surface area contributed by atoms with E-state index >= 15 is 0 Å². The van der Waals surface area contributed by atoms with Gasteiger partial charge in [0.2, 0.25) is 0 Å². The van der Waals surface area contributed by atoms with Crippen LogP contribution in [-0.4, -0.2) is 18.9 Å². The topological polar surface area (TPSA) is 61.6 Å². The number of nitrogens with two attached hydrogens (primary N) is 1. The molecule has 11 heavy (non-hydrogen) atoms. The van der Waals surface area contributed by atoms with Crippen LogP contribution in [0, 0.1) is 0 Å². The predicted molar refractivity (Wildman–Crippen MR) is 42.4 cm³/mol. The first-order valence-corrected chi connectivity index (χ1v) is 4.20. The minimum atomic E-state index is -0.779. The zero-order valence-electron chi connectivity index (χ0n) is 6.87. The molecule has 0 amide bonds. The Balaban J connectivity index is 3.45. The molecule has 4 nitrogen and oxygen atoms in total. The van der Waals surface area contributed by atoms with Gasteiger partial charge in [-0.1, -0.05) is 0 Å². The average Bonchev–Trinajstić information content (AvgIpc) is 1.87. The van der Waals surface area contributed by atoms with E-state index in [1.54, 1.807) is 13.8 Å². The van der Waals surface area contributed by atoms with Gasteiger partial charge >= 0.3 is 8.69 Å². The highest BCUT2D eigenvalue weighted by atomic mass is 31.1. The Morgan fingerprint density at radius 1 is 1.55 bits per heavy atom. The Kier molecular flexibility index (Phi) is 5.60. The molecule has 2 N–H and O–H groups in total. The molecule has 5 heteroatoms. The summed E-state index contributed by atoms with van der Waals surface area (Å²) >= 11 is 0. The van der Waals surface area contributed by atoms with E-state index in [1.807, 2.05) is 0 Å². The van der Waals surface area contributed by atoms with Crippen LogP contribution >= 0.6 is 8.69 Å². The molecule has 0 aliphatic heterocycles. The Morgan fingerprint density at radius 2 is 2.18 bits per heavy atom. The lowest BCUT2D eigenvalue weighted by Crippen LogP contribution is -2.25. The zero-order valence-corrected chi connectivity index (χ0v) is 7.77. The molecule has 0 atom stereocenters. The second-order valence-electron chi connectivity index (χ2n) is 2.56. The van der Waals surface area contributed by atoms with Crippen LogP contribution in [0.2, 0.25) is 0 Å². The molecule has 0 bridgehead atoms. The summed E-state index contributed by atoms with van der Waals surface area (Å²) in [6.07, 6.45) is 0.780. The Morgan fingerprint density at radius 3 is 2.64 bits per heavy atom. The normalized spacial score (nSPS) is 12.3. The number of hydrogen-bond acceptors (Lipinski definition) is 4. The molecule has 0 saturated heterocycles. The SMILES string of the molecule is CC(C)(OCCCN)OP=O. The molecule has 0 saturated carbocycles. The van der Waals surface area contributed by atoms with Gasteiger partial charge in [-0.15, -0.1) is 0 Å². The van der Waals surface area contributed by atoms with E-state index in [-0.39, 0.29) is 8.69 Å². The highest BCUT2D eigenvalue weighted by Gasteiger charge is 2.18. The van der Waals surface area contributed by atoms with Gasteiger partial charge in [-0.05, 0) is 26.8 Å². The van der Waals surface area contributed by atoms with Gasteiger partial charge in [0.15, 0.2) is 5.79 Å². The molecular weight excluding hydrogens is 165 g/mol. The minimum Gasteiger partial charge on any atom is -0.350 e. The first-order chi connectivity index (χ1) is 5.12. The molecule has 0 aromatic heterocycles. The van der Waals surface area contributed by atoms with Crippen LogP contribution in [0.25, 0.3) is 0 Å². The van der Waals surface area contributed by atoms with E-state index in [0.29, 0.717) is 13.2 Å². The molecule has 0 unspecified atom stereocenters. The minimum absolute atomic E-state index is 0.362. The monoisotopic (exact) mass is 179 g/mol. The Hall–Kier alpha value is -0.0200. The lowest BCUT2D eigenvalue weighted by molar-refractivity contribution is -0.150. The summed E-state index contributed by atoms with van der Waals surface area (Å²) in [6.45, 7) is 4.52. The second kappa shape index (κ2) is 5.61. The Labute approximate surface area is 68.3 Å². The summed E-state index contributed by atoms with van der Waals surface area (Å²) < 4.78 is 20.0. The van der Waals surface area contributed by atoms with Crippen LogP contribution in [0.1, 0.15) is 20.3 Å². The summed E-state index contributed by atoms with van der Waals surface area (Å²) in [6, 6.07) is 0. The van der Waals surface area contributed by atoms with Crippen molar-refractivity contribution in [1.29, 1.82) is 0 Å². The molecule has 0 spiro atoms. The highest BCUT2D eigenvalue weighted by Crippen LogP contribution is 2.17.